The van der Waals surface area contributed by atoms with E-state index in [1.165, 1.54) is 88.2 Å². The Morgan fingerprint density at radius 2 is 0.797 bits per heavy atom. The van der Waals surface area contributed by atoms with Gasteiger partial charge in [0.25, 0.3) is 0 Å². The molecule has 1 aromatic heterocycles. The van der Waals surface area contributed by atoms with Crippen molar-refractivity contribution in [1.29, 1.82) is 0 Å². The summed E-state index contributed by atoms with van der Waals surface area (Å²) >= 11 is 0. The smallest absolute Gasteiger partial charge is 0.0713 e. The standard InChI is InChI=1S/C77H52N2/c1-5-23-54(24-6-1)63-37-21-25-55-26-22-38-68(76(55)63)66-35-15-19-41-73(66)79(61-47-43-53(44-48-61)56-46-50-75-69(51-56)67-36-16-20-42-74(67)78(75)60-31-11-4-12-32-60)72-40-18-14-33-62(72)57-45-49-65-64-34-13-17-39-70(64)77(71(65)52-57,58-27-7-2-8-28-58)59-29-9-3-10-30-59/h1-52H. The average molecular weight is 1010 g/mol. The molecule has 1 aliphatic rings. The first kappa shape index (κ1) is 46.1. The Balaban J connectivity index is 0.936. The summed E-state index contributed by atoms with van der Waals surface area (Å²) in [5.74, 6) is 0. The molecular weight excluding hydrogens is 953 g/mol. The van der Waals surface area contributed by atoms with Crippen molar-refractivity contribution in [1.82, 2.24) is 4.57 Å². The first-order valence-corrected chi connectivity index (χ1v) is 27.3. The number of para-hydroxylation sites is 4. The molecule has 0 aliphatic heterocycles. The summed E-state index contributed by atoms with van der Waals surface area (Å²) in [6.07, 6.45) is 0. The van der Waals surface area contributed by atoms with Gasteiger partial charge in [-0.3, -0.25) is 0 Å². The molecule has 0 radical (unpaired) electrons. The van der Waals surface area contributed by atoms with E-state index in [-0.39, 0.29) is 0 Å². The molecule has 1 heterocycles. The first-order valence-electron chi connectivity index (χ1n) is 27.3. The lowest BCUT2D eigenvalue weighted by Gasteiger charge is -2.34. The molecule has 1 aliphatic carbocycles. The lowest BCUT2D eigenvalue weighted by atomic mass is 9.67. The molecule has 0 spiro atoms. The van der Waals surface area contributed by atoms with Gasteiger partial charge in [-0.2, -0.15) is 0 Å². The van der Waals surface area contributed by atoms with E-state index in [1.807, 2.05) is 0 Å². The fourth-order valence-electron chi connectivity index (χ4n) is 13.1. The van der Waals surface area contributed by atoms with Gasteiger partial charge in [0.2, 0.25) is 0 Å². The topological polar surface area (TPSA) is 8.17 Å². The van der Waals surface area contributed by atoms with Crippen LogP contribution in [0.15, 0.2) is 315 Å². The van der Waals surface area contributed by atoms with Crippen molar-refractivity contribution in [2.75, 3.05) is 4.90 Å². The highest BCUT2D eigenvalue weighted by Crippen LogP contribution is 2.57. The van der Waals surface area contributed by atoms with Gasteiger partial charge in [-0.05, 0) is 138 Å². The molecule has 0 atom stereocenters. The maximum atomic E-state index is 2.50. The molecule has 0 saturated carbocycles. The van der Waals surface area contributed by atoms with E-state index >= 15 is 0 Å². The van der Waals surface area contributed by atoms with Crippen molar-refractivity contribution in [2.45, 2.75) is 5.41 Å². The van der Waals surface area contributed by atoms with E-state index in [9.17, 15) is 0 Å². The summed E-state index contributed by atoms with van der Waals surface area (Å²) in [6.45, 7) is 0. The number of anilines is 3. The Labute approximate surface area is 461 Å². The SMILES string of the molecule is c1ccc(-c2cccc3cccc(-c4ccccc4N(c4ccc(-c5ccc6c(c5)c5ccccc5n6-c5ccccc5)cc4)c4ccccc4-c4ccc5c(c4)C(c4ccccc4)(c4ccccc4)c4ccccc4-5)c23)cc1. The maximum Gasteiger partial charge on any atom is 0.0713 e. The molecule has 0 saturated heterocycles. The van der Waals surface area contributed by atoms with Crippen molar-refractivity contribution in [3.05, 3.63) is 338 Å². The molecule has 2 heteroatoms. The summed E-state index contributed by atoms with van der Waals surface area (Å²) in [4.78, 5) is 2.50. The highest BCUT2D eigenvalue weighted by Gasteiger charge is 2.46. The monoisotopic (exact) mass is 1000 g/mol. The Bertz CT molecular complexity index is 4530. The van der Waals surface area contributed by atoms with Crippen LogP contribution in [0.4, 0.5) is 17.1 Å². The minimum absolute atomic E-state index is 0.536. The number of aromatic nitrogens is 1. The Kier molecular flexibility index (Phi) is 11.1. The van der Waals surface area contributed by atoms with Crippen LogP contribution in [0, 0.1) is 0 Å². The van der Waals surface area contributed by atoms with E-state index in [0.717, 1.165) is 45.0 Å². The van der Waals surface area contributed by atoms with Crippen molar-refractivity contribution < 1.29 is 0 Å². The third kappa shape index (κ3) is 7.48. The van der Waals surface area contributed by atoms with Crippen molar-refractivity contribution in [2.24, 2.45) is 0 Å². The van der Waals surface area contributed by atoms with Crippen LogP contribution in [0.5, 0.6) is 0 Å². The van der Waals surface area contributed by atoms with Gasteiger partial charge in [0, 0.05) is 33.3 Å². The van der Waals surface area contributed by atoms with Crippen LogP contribution in [0.2, 0.25) is 0 Å². The Morgan fingerprint density at radius 1 is 0.278 bits per heavy atom. The largest absolute Gasteiger partial charge is 0.309 e. The molecule has 0 amide bonds. The Hall–Kier alpha value is -10.3. The highest BCUT2D eigenvalue weighted by molar-refractivity contribution is 6.11. The van der Waals surface area contributed by atoms with Crippen molar-refractivity contribution >= 4 is 49.6 Å². The summed E-state index contributed by atoms with van der Waals surface area (Å²) in [5, 5.41) is 4.90. The lowest BCUT2D eigenvalue weighted by molar-refractivity contribution is 0.769. The number of benzene rings is 13. The van der Waals surface area contributed by atoms with Gasteiger partial charge in [-0.15, -0.1) is 0 Å². The number of hydrogen-bond acceptors (Lipinski definition) is 1. The van der Waals surface area contributed by atoms with Gasteiger partial charge < -0.3 is 9.47 Å². The molecule has 14 aromatic rings. The van der Waals surface area contributed by atoms with Crippen LogP contribution >= 0.6 is 0 Å². The van der Waals surface area contributed by atoms with Crippen LogP contribution in [0.25, 0.3) is 93.9 Å². The third-order valence-electron chi connectivity index (χ3n) is 16.5. The van der Waals surface area contributed by atoms with Gasteiger partial charge in [0.15, 0.2) is 0 Å². The van der Waals surface area contributed by atoms with Crippen LogP contribution in [-0.2, 0) is 5.41 Å². The fraction of sp³-hybridized carbons (Fsp3) is 0.0130. The van der Waals surface area contributed by atoms with E-state index in [1.54, 1.807) is 0 Å². The summed E-state index contributed by atoms with van der Waals surface area (Å²) in [5.41, 5.74) is 23.2. The quantitative estimate of drug-likeness (QED) is 0.133. The number of hydrogen-bond donors (Lipinski definition) is 0. The molecule has 370 valence electrons. The molecule has 0 unspecified atom stereocenters. The summed E-state index contributed by atoms with van der Waals surface area (Å²) in [6, 6.07) is 116. The molecule has 15 rings (SSSR count). The second-order valence-corrected chi connectivity index (χ2v) is 20.7. The summed E-state index contributed by atoms with van der Waals surface area (Å²) < 4.78 is 2.38. The minimum Gasteiger partial charge on any atom is -0.309 e. The Morgan fingerprint density at radius 3 is 1.52 bits per heavy atom. The summed E-state index contributed by atoms with van der Waals surface area (Å²) in [7, 11) is 0. The van der Waals surface area contributed by atoms with Crippen LogP contribution < -0.4 is 4.90 Å². The second kappa shape index (κ2) is 19.1. The highest BCUT2D eigenvalue weighted by atomic mass is 15.1. The van der Waals surface area contributed by atoms with Crippen LogP contribution in [0.1, 0.15) is 22.3 Å². The van der Waals surface area contributed by atoms with E-state index < -0.39 is 5.41 Å². The maximum absolute atomic E-state index is 2.50. The zero-order valence-corrected chi connectivity index (χ0v) is 43.4. The number of fused-ring (bicyclic) bond motifs is 7. The molecule has 0 N–H and O–H groups in total. The second-order valence-electron chi connectivity index (χ2n) is 20.7. The predicted octanol–water partition coefficient (Wildman–Crippen LogP) is 20.4. The zero-order valence-electron chi connectivity index (χ0n) is 43.4. The molecule has 0 bridgehead atoms. The first-order chi connectivity index (χ1) is 39.2. The van der Waals surface area contributed by atoms with Gasteiger partial charge in [-0.1, -0.05) is 255 Å². The van der Waals surface area contributed by atoms with Crippen molar-refractivity contribution in [3.8, 4) is 61.3 Å². The average Bonchev–Trinajstić information content (AvgIpc) is 4.03. The number of nitrogens with zero attached hydrogens (tertiary/aromatic N) is 2. The van der Waals surface area contributed by atoms with Gasteiger partial charge in [-0.25, -0.2) is 0 Å². The zero-order chi connectivity index (χ0) is 52.3. The minimum atomic E-state index is -0.536. The van der Waals surface area contributed by atoms with Gasteiger partial charge >= 0.3 is 0 Å². The number of rotatable bonds is 10. The van der Waals surface area contributed by atoms with E-state index in [2.05, 4.69) is 325 Å². The molecule has 13 aromatic carbocycles. The predicted molar refractivity (Wildman–Crippen MR) is 332 cm³/mol. The molecule has 79 heavy (non-hydrogen) atoms. The molecule has 0 fully saturated rings. The van der Waals surface area contributed by atoms with Crippen molar-refractivity contribution in [3.63, 3.8) is 0 Å². The normalized spacial score (nSPS) is 12.4. The molecule has 2 nitrogen and oxygen atoms in total. The van der Waals surface area contributed by atoms with Gasteiger partial charge in [0.05, 0.1) is 27.8 Å². The van der Waals surface area contributed by atoms with Gasteiger partial charge in [0.1, 0.15) is 0 Å². The molecular formula is C77H52N2. The third-order valence-corrected chi connectivity index (χ3v) is 16.5. The lowest BCUT2D eigenvalue weighted by Crippen LogP contribution is -2.28. The van der Waals surface area contributed by atoms with Crippen LogP contribution in [-0.4, -0.2) is 4.57 Å². The van der Waals surface area contributed by atoms with E-state index in [0.29, 0.717) is 0 Å². The fourth-order valence-corrected chi connectivity index (χ4v) is 13.1. The van der Waals surface area contributed by atoms with E-state index in [4.69, 9.17) is 0 Å². The van der Waals surface area contributed by atoms with Crippen LogP contribution in [0.3, 0.4) is 0 Å².